The molecule has 2 unspecified atom stereocenters. The van der Waals surface area contributed by atoms with E-state index in [9.17, 15) is 4.39 Å². The van der Waals surface area contributed by atoms with Gasteiger partial charge >= 0.3 is 0 Å². The Morgan fingerprint density at radius 1 is 1.39 bits per heavy atom. The number of rotatable bonds is 4. The molecule has 2 aliphatic rings. The highest BCUT2D eigenvalue weighted by Gasteiger charge is 2.53. The summed E-state index contributed by atoms with van der Waals surface area (Å²) in [4.78, 5) is 0. The molecule has 2 atom stereocenters. The molecule has 0 spiro atoms. The molecular weight excluding hydrogens is 249 g/mol. The first-order chi connectivity index (χ1) is 8.63. The monoisotopic (exact) mass is 267 g/mol. The highest BCUT2D eigenvalue weighted by molar-refractivity contribution is 6.30. The van der Waals surface area contributed by atoms with Gasteiger partial charge in [-0.05, 0) is 61.6 Å². The van der Waals surface area contributed by atoms with Crippen molar-refractivity contribution >= 4 is 11.6 Å². The predicted octanol–water partition coefficient (Wildman–Crippen LogP) is 3.66. The molecule has 2 fully saturated rings. The lowest BCUT2D eigenvalue weighted by Crippen LogP contribution is -2.33. The lowest BCUT2D eigenvalue weighted by atomic mass is 9.77. The largest absolute Gasteiger partial charge is 0.319 e. The fourth-order valence-electron chi connectivity index (χ4n) is 3.82. The number of halogens is 2. The van der Waals surface area contributed by atoms with E-state index in [4.69, 9.17) is 11.6 Å². The maximum absolute atomic E-state index is 14.0. The summed E-state index contributed by atoms with van der Waals surface area (Å²) in [7, 11) is 1.99. The molecule has 1 aromatic carbocycles. The zero-order chi connectivity index (χ0) is 12.8. The first kappa shape index (κ1) is 12.4. The minimum absolute atomic E-state index is 0.227. The highest BCUT2D eigenvalue weighted by Crippen LogP contribution is 2.60. The zero-order valence-electron chi connectivity index (χ0n) is 10.7. The molecule has 0 aliphatic heterocycles. The van der Waals surface area contributed by atoms with Crippen molar-refractivity contribution in [3.8, 4) is 0 Å². The summed E-state index contributed by atoms with van der Waals surface area (Å²) >= 11 is 5.87. The van der Waals surface area contributed by atoms with Gasteiger partial charge in [0.15, 0.2) is 0 Å². The van der Waals surface area contributed by atoms with Crippen molar-refractivity contribution in [2.45, 2.75) is 25.7 Å². The van der Waals surface area contributed by atoms with Crippen LogP contribution in [0, 0.1) is 23.1 Å². The van der Waals surface area contributed by atoms with Crippen LogP contribution in [0.4, 0.5) is 4.39 Å². The van der Waals surface area contributed by atoms with Crippen molar-refractivity contribution < 1.29 is 4.39 Å². The number of fused-ring (bicyclic) bond motifs is 1. The molecule has 3 heteroatoms. The highest BCUT2D eigenvalue weighted by atomic mass is 35.5. The van der Waals surface area contributed by atoms with Crippen LogP contribution in [0.3, 0.4) is 0 Å². The minimum atomic E-state index is -0.227. The standard InChI is InChI=1S/C15H19ClFN/c1-18-9-15(7-11-5-12(11)8-15)6-10-3-2-4-13(16)14(10)17/h2-4,11-12,18H,5-9H2,1H3. The van der Waals surface area contributed by atoms with Crippen LogP contribution in [0.5, 0.6) is 0 Å². The van der Waals surface area contributed by atoms with E-state index in [1.54, 1.807) is 6.07 Å². The van der Waals surface area contributed by atoms with E-state index in [1.807, 2.05) is 19.2 Å². The predicted molar refractivity (Wildman–Crippen MR) is 72.3 cm³/mol. The van der Waals surface area contributed by atoms with E-state index >= 15 is 0 Å². The summed E-state index contributed by atoms with van der Waals surface area (Å²) < 4.78 is 14.0. The van der Waals surface area contributed by atoms with Crippen molar-refractivity contribution in [1.82, 2.24) is 5.32 Å². The Labute approximate surface area is 113 Å². The first-order valence-electron chi connectivity index (χ1n) is 6.71. The fourth-order valence-corrected chi connectivity index (χ4v) is 4.02. The summed E-state index contributed by atoms with van der Waals surface area (Å²) in [6, 6.07) is 5.35. The molecule has 98 valence electrons. The van der Waals surface area contributed by atoms with Gasteiger partial charge in [0.25, 0.3) is 0 Å². The lowest BCUT2D eigenvalue weighted by molar-refractivity contribution is 0.252. The Morgan fingerprint density at radius 2 is 2.11 bits per heavy atom. The Balaban J connectivity index is 1.82. The van der Waals surface area contributed by atoms with Crippen LogP contribution in [0.25, 0.3) is 0 Å². The average Bonchev–Trinajstić information content (AvgIpc) is 2.94. The van der Waals surface area contributed by atoms with Crippen LogP contribution in [0.2, 0.25) is 5.02 Å². The molecule has 0 amide bonds. The molecule has 1 N–H and O–H groups in total. The maximum atomic E-state index is 14.0. The summed E-state index contributed by atoms with van der Waals surface area (Å²) in [5.74, 6) is 1.58. The topological polar surface area (TPSA) is 12.0 Å². The van der Waals surface area contributed by atoms with Gasteiger partial charge in [0.2, 0.25) is 0 Å². The van der Waals surface area contributed by atoms with Gasteiger partial charge in [0.05, 0.1) is 5.02 Å². The number of benzene rings is 1. The number of nitrogens with one attached hydrogen (secondary N) is 1. The van der Waals surface area contributed by atoms with E-state index in [0.29, 0.717) is 0 Å². The zero-order valence-corrected chi connectivity index (χ0v) is 11.4. The van der Waals surface area contributed by atoms with Crippen LogP contribution in [-0.4, -0.2) is 13.6 Å². The third kappa shape index (κ3) is 2.17. The molecular formula is C15H19ClFN. The van der Waals surface area contributed by atoms with Gasteiger partial charge in [0.1, 0.15) is 5.82 Å². The van der Waals surface area contributed by atoms with Crippen LogP contribution in [0.15, 0.2) is 18.2 Å². The summed E-state index contributed by atoms with van der Waals surface area (Å²) in [5.41, 5.74) is 1.02. The smallest absolute Gasteiger partial charge is 0.144 e. The molecule has 18 heavy (non-hydrogen) atoms. The molecule has 1 aromatic rings. The molecule has 3 rings (SSSR count). The number of hydrogen-bond acceptors (Lipinski definition) is 1. The van der Waals surface area contributed by atoms with Gasteiger partial charge in [-0.3, -0.25) is 0 Å². The quantitative estimate of drug-likeness (QED) is 0.878. The van der Waals surface area contributed by atoms with Crippen LogP contribution in [0.1, 0.15) is 24.8 Å². The molecule has 0 bridgehead atoms. The molecule has 1 nitrogen and oxygen atoms in total. The fraction of sp³-hybridized carbons (Fsp3) is 0.600. The van der Waals surface area contributed by atoms with E-state index < -0.39 is 0 Å². The van der Waals surface area contributed by atoms with Crippen LogP contribution < -0.4 is 5.32 Å². The molecule has 0 radical (unpaired) electrons. The Kier molecular flexibility index (Phi) is 3.11. The second-order valence-electron chi connectivity index (χ2n) is 6.08. The van der Waals surface area contributed by atoms with Gasteiger partial charge in [-0.1, -0.05) is 23.7 Å². The number of hydrogen-bond donors (Lipinski definition) is 1. The van der Waals surface area contributed by atoms with E-state index in [-0.39, 0.29) is 16.3 Å². The summed E-state index contributed by atoms with van der Waals surface area (Å²) in [6.07, 6.45) is 4.69. The van der Waals surface area contributed by atoms with Gasteiger partial charge in [-0.25, -0.2) is 4.39 Å². The van der Waals surface area contributed by atoms with Gasteiger partial charge in [0, 0.05) is 6.54 Å². The summed E-state index contributed by atoms with van der Waals surface area (Å²) in [6.45, 7) is 0.978. The summed E-state index contributed by atoms with van der Waals surface area (Å²) in [5, 5.41) is 3.54. The second kappa shape index (κ2) is 4.50. The Hall–Kier alpha value is -0.600. The SMILES string of the molecule is CNCC1(Cc2cccc(Cl)c2F)CC2CC2C1. The third-order valence-electron chi connectivity index (χ3n) is 4.61. The van der Waals surface area contributed by atoms with Crippen molar-refractivity contribution in [2.24, 2.45) is 17.3 Å². The van der Waals surface area contributed by atoms with Gasteiger partial charge in [-0.15, -0.1) is 0 Å². The van der Waals surface area contributed by atoms with Crippen LogP contribution in [-0.2, 0) is 6.42 Å². The van der Waals surface area contributed by atoms with E-state index in [0.717, 1.165) is 30.4 Å². The molecule has 0 aromatic heterocycles. The Morgan fingerprint density at radius 3 is 2.78 bits per heavy atom. The minimum Gasteiger partial charge on any atom is -0.319 e. The first-order valence-corrected chi connectivity index (χ1v) is 7.09. The van der Waals surface area contributed by atoms with Crippen molar-refractivity contribution in [3.05, 3.63) is 34.6 Å². The van der Waals surface area contributed by atoms with E-state index in [2.05, 4.69) is 5.32 Å². The Bertz CT molecular complexity index is 450. The van der Waals surface area contributed by atoms with Crippen molar-refractivity contribution in [3.63, 3.8) is 0 Å². The molecule has 0 saturated heterocycles. The molecule has 2 saturated carbocycles. The molecule has 0 heterocycles. The molecule has 2 aliphatic carbocycles. The van der Waals surface area contributed by atoms with Gasteiger partial charge in [-0.2, -0.15) is 0 Å². The van der Waals surface area contributed by atoms with Gasteiger partial charge < -0.3 is 5.32 Å². The second-order valence-corrected chi connectivity index (χ2v) is 6.49. The van der Waals surface area contributed by atoms with E-state index in [1.165, 1.54) is 19.3 Å². The van der Waals surface area contributed by atoms with Crippen molar-refractivity contribution in [2.75, 3.05) is 13.6 Å². The van der Waals surface area contributed by atoms with Crippen LogP contribution >= 0.6 is 11.6 Å². The van der Waals surface area contributed by atoms with Crippen molar-refractivity contribution in [1.29, 1.82) is 0 Å². The normalized spacial score (nSPS) is 33.5. The third-order valence-corrected chi connectivity index (χ3v) is 4.90. The lowest BCUT2D eigenvalue weighted by Gasteiger charge is -2.31. The average molecular weight is 268 g/mol. The maximum Gasteiger partial charge on any atom is 0.144 e.